The summed E-state index contributed by atoms with van der Waals surface area (Å²) in [4.78, 5) is 12.5. The van der Waals surface area contributed by atoms with E-state index >= 15 is 0 Å². The summed E-state index contributed by atoms with van der Waals surface area (Å²) in [7, 11) is -3.60. The lowest BCUT2D eigenvalue weighted by Gasteiger charge is -2.25. The van der Waals surface area contributed by atoms with Crippen LogP contribution in [0.25, 0.3) is 6.08 Å². The topological polar surface area (TPSA) is 78.8 Å². The molecular formula is C21H22ClN3O3S. The van der Waals surface area contributed by atoms with E-state index in [4.69, 9.17) is 11.6 Å². The molecule has 0 aliphatic carbocycles. The van der Waals surface area contributed by atoms with Gasteiger partial charge in [-0.2, -0.15) is 9.41 Å². The monoisotopic (exact) mass is 431 g/mol. The van der Waals surface area contributed by atoms with Crippen molar-refractivity contribution < 1.29 is 13.2 Å². The van der Waals surface area contributed by atoms with Crippen LogP contribution in [0.4, 0.5) is 0 Å². The highest BCUT2D eigenvalue weighted by molar-refractivity contribution is 7.89. The Balaban J connectivity index is 1.67. The summed E-state index contributed by atoms with van der Waals surface area (Å²) in [5, 5.41) is 4.19. The fraction of sp³-hybridized carbons (Fsp3) is 0.238. The molecule has 0 spiro atoms. The van der Waals surface area contributed by atoms with E-state index in [2.05, 4.69) is 10.5 Å². The zero-order valence-electron chi connectivity index (χ0n) is 15.8. The Kier molecular flexibility index (Phi) is 7.19. The molecule has 2 aromatic carbocycles. The van der Waals surface area contributed by atoms with Gasteiger partial charge in [0.05, 0.1) is 16.1 Å². The van der Waals surface area contributed by atoms with Crippen LogP contribution in [0.1, 0.15) is 35.2 Å². The molecule has 0 aromatic heterocycles. The molecule has 1 heterocycles. The molecule has 152 valence electrons. The smallest absolute Gasteiger partial charge is 0.267 e. The lowest BCUT2D eigenvalue weighted by Crippen LogP contribution is -2.35. The molecule has 0 bridgehead atoms. The number of piperidine rings is 1. The number of carbonyl (C=O) groups is 1. The van der Waals surface area contributed by atoms with Crippen molar-refractivity contribution in [2.45, 2.75) is 24.2 Å². The summed E-state index contributed by atoms with van der Waals surface area (Å²) in [6.07, 6.45) is 5.77. The molecule has 0 unspecified atom stereocenters. The highest BCUT2D eigenvalue weighted by Gasteiger charge is 2.26. The van der Waals surface area contributed by atoms with Gasteiger partial charge in [-0.15, -0.1) is 0 Å². The number of hydrazone groups is 1. The summed E-state index contributed by atoms with van der Waals surface area (Å²) < 4.78 is 27.0. The van der Waals surface area contributed by atoms with Crippen molar-refractivity contribution in [3.63, 3.8) is 0 Å². The third-order valence-electron chi connectivity index (χ3n) is 4.51. The second-order valence-electron chi connectivity index (χ2n) is 6.63. The van der Waals surface area contributed by atoms with Crippen LogP contribution in [0.15, 0.2) is 69.6 Å². The predicted octanol–water partition coefficient (Wildman–Crippen LogP) is 3.86. The first-order valence-electron chi connectivity index (χ1n) is 9.33. The van der Waals surface area contributed by atoms with E-state index in [0.29, 0.717) is 18.1 Å². The van der Waals surface area contributed by atoms with Crippen molar-refractivity contribution in [2.75, 3.05) is 13.1 Å². The van der Waals surface area contributed by atoms with Crippen molar-refractivity contribution in [1.82, 2.24) is 9.73 Å². The quantitative estimate of drug-likeness (QED) is 0.557. The molecule has 0 radical (unpaired) electrons. The minimum absolute atomic E-state index is 0.109. The second kappa shape index (κ2) is 9.82. The van der Waals surface area contributed by atoms with Crippen LogP contribution in [0.3, 0.4) is 0 Å². The van der Waals surface area contributed by atoms with Gasteiger partial charge in [-0.05, 0) is 42.7 Å². The Labute approximate surface area is 175 Å². The molecule has 0 saturated carbocycles. The number of amides is 1. The minimum atomic E-state index is -3.60. The predicted molar refractivity (Wildman–Crippen MR) is 115 cm³/mol. The van der Waals surface area contributed by atoms with Crippen molar-refractivity contribution in [2.24, 2.45) is 5.10 Å². The number of carbonyl (C=O) groups excluding carboxylic acids is 1. The van der Waals surface area contributed by atoms with Gasteiger partial charge in [0.15, 0.2) is 0 Å². The number of rotatable bonds is 6. The normalized spacial score (nSPS) is 16.1. The first kappa shape index (κ1) is 21.2. The maximum atomic E-state index is 12.8. The second-order valence-corrected chi connectivity index (χ2v) is 9.01. The number of benzene rings is 2. The van der Waals surface area contributed by atoms with Crippen LogP contribution in [0, 0.1) is 0 Å². The van der Waals surface area contributed by atoms with Crippen LogP contribution < -0.4 is 5.43 Å². The lowest BCUT2D eigenvalue weighted by molar-refractivity contribution is 0.0955. The van der Waals surface area contributed by atoms with E-state index < -0.39 is 15.9 Å². The van der Waals surface area contributed by atoms with Crippen LogP contribution >= 0.6 is 11.6 Å². The number of hydrogen-bond donors (Lipinski definition) is 1. The average molecular weight is 432 g/mol. The van der Waals surface area contributed by atoms with Gasteiger partial charge in [-0.1, -0.05) is 54.4 Å². The first-order valence-corrected chi connectivity index (χ1v) is 11.1. The largest absolute Gasteiger partial charge is 0.271 e. The molecule has 8 heteroatoms. The van der Waals surface area contributed by atoms with Gasteiger partial charge in [0.25, 0.3) is 5.91 Å². The third kappa shape index (κ3) is 5.76. The highest BCUT2D eigenvalue weighted by atomic mass is 35.5. The molecule has 29 heavy (non-hydrogen) atoms. The van der Waals surface area contributed by atoms with Gasteiger partial charge in [0.2, 0.25) is 10.0 Å². The molecule has 3 rings (SSSR count). The van der Waals surface area contributed by atoms with E-state index in [1.807, 2.05) is 30.3 Å². The number of nitrogens with zero attached hydrogens (tertiary/aromatic N) is 2. The van der Waals surface area contributed by atoms with Crippen molar-refractivity contribution in [1.29, 1.82) is 0 Å². The maximum Gasteiger partial charge on any atom is 0.271 e. The minimum Gasteiger partial charge on any atom is -0.267 e. The Morgan fingerprint density at radius 2 is 1.76 bits per heavy atom. The molecule has 1 aliphatic rings. The van der Waals surface area contributed by atoms with Gasteiger partial charge < -0.3 is 0 Å². The molecular weight excluding hydrogens is 410 g/mol. The SMILES string of the molecule is O=C(NN=CC(Cl)=Cc1ccccc1)c1cccc(S(=O)(=O)N2CCCCC2)c1. The van der Waals surface area contributed by atoms with Gasteiger partial charge in [0, 0.05) is 18.7 Å². The van der Waals surface area contributed by atoms with Gasteiger partial charge in [0.1, 0.15) is 0 Å². The highest BCUT2D eigenvalue weighted by Crippen LogP contribution is 2.21. The van der Waals surface area contributed by atoms with Crippen molar-refractivity contribution >= 4 is 39.8 Å². The third-order valence-corrected chi connectivity index (χ3v) is 6.61. The van der Waals surface area contributed by atoms with Gasteiger partial charge in [-0.25, -0.2) is 13.8 Å². The Hall–Kier alpha value is -2.48. The van der Waals surface area contributed by atoms with E-state index in [0.717, 1.165) is 24.8 Å². The zero-order valence-corrected chi connectivity index (χ0v) is 17.4. The molecule has 1 fully saturated rings. The average Bonchev–Trinajstić information content (AvgIpc) is 2.75. The Morgan fingerprint density at radius 3 is 2.48 bits per heavy atom. The van der Waals surface area contributed by atoms with Gasteiger partial charge in [-0.3, -0.25) is 4.79 Å². The number of allylic oxidation sites excluding steroid dienone is 1. The fourth-order valence-corrected chi connectivity index (χ4v) is 4.75. The summed E-state index contributed by atoms with van der Waals surface area (Å²) in [6, 6.07) is 15.4. The maximum absolute atomic E-state index is 12.8. The lowest BCUT2D eigenvalue weighted by atomic mass is 10.2. The van der Waals surface area contributed by atoms with Crippen LogP contribution in [0.5, 0.6) is 0 Å². The summed E-state index contributed by atoms with van der Waals surface area (Å²) in [5.41, 5.74) is 3.49. The van der Waals surface area contributed by atoms with E-state index in [1.54, 1.807) is 18.2 Å². The standard InChI is InChI=1S/C21H22ClN3O3S/c22-19(14-17-8-3-1-4-9-17)16-23-24-21(26)18-10-7-11-20(15-18)29(27,28)25-12-5-2-6-13-25/h1,3-4,7-11,14-16H,2,5-6,12-13H2,(H,24,26). The molecule has 1 aliphatic heterocycles. The Bertz CT molecular complexity index is 1010. The molecule has 1 saturated heterocycles. The number of sulfonamides is 1. The summed E-state index contributed by atoms with van der Waals surface area (Å²) in [6.45, 7) is 1.02. The molecule has 1 N–H and O–H groups in total. The summed E-state index contributed by atoms with van der Waals surface area (Å²) >= 11 is 6.09. The molecule has 6 nitrogen and oxygen atoms in total. The van der Waals surface area contributed by atoms with Crippen LogP contribution in [-0.4, -0.2) is 37.9 Å². The van der Waals surface area contributed by atoms with Crippen LogP contribution in [0.2, 0.25) is 0 Å². The van der Waals surface area contributed by atoms with Crippen molar-refractivity contribution in [3.05, 3.63) is 70.8 Å². The number of hydrogen-bond acceptors (Lipinski definition) is 4. The fourth-order valence-electron chi connectivity index (χ4n) is 3.01. The van der Waals surface area contributed by atoms with E-state index in [-0.39, 0.29) is 10.5 Å². The first-order chi connectivity index (χ1) is 14.0. The number of nitrogens with one attached hydrogen (secondary N) is 1. The Morgan fingerprint density at radius 1 is 1.03 bits per heavy atom. The molecule has 0 atom stereocenters. The zero-order chi connectivity index (χ0) is 20.7. The number of halogens is 1. The molecule has 1 amide bonds. The summed E-state index contributed by atoms with van der Waals surface area (Å²) in [5.74, 6) is -0.513. The van der Waals surface area contributed by atoms with Crippen LogP contribution in [-0.2, 0) is 10.0 Å². The van der Waals surface area contributed by atoms with Gasteiger partial charge >= 0.3 is 0 Å². The van der Waals surface area contributed by atoms with E-state index in [9.17, 15) is 13.2 Å². The van der Waals surface area contributed by atoms with Crippen molar-refractivity contribution in [3.8, 4) is 0 Å². The molecule has 2 aromatic rings. The van der Waals surface area contributed by atoms with E-state index in [1.165, 1.54) is 22.7 Å².